The van der Waals surface area contributed by atoms with Gasteiger partial charge in [-0.1, -0.05) is 0 Å². The van der Waals surface area contributed by atoms with E-state index in [0.29, 0.717) is 28.7 Å². The molecule has 0 unspecified atom stereocenters. The van der Waals surface area contributed by atoms with Crippen molar-refractivity contribution in [3.63, 3.8) is 0 Å². The van der Waals surface area contributed by atoms with Crippen molar-refractivity contribution in [1.82, 2.24) is 9.97 Å². The highest BCUT2D eigenvalue weighted by Gasteiger charge is 2.17. The lowest BCUT2D eigenvalue weighted by atomic mass is 10.0. The molecule has 0 saturated carbocycles. The van der Waals surface area contributed by atoms with Crippen molar-refractivity contribution in [2.24, 2.45) is 0 Å². The molecule has 0 spiro atoms. The van der Waals surface area contributed by atoms with E-state index in [9.17, 15) is 0 Å². The zero-order valence-electron chi connectivity index (χ0n) is 15.3. The Bertz CT molecular complexity index is 918. The molecule has 136 valence electrons. The molecule has 1 heterocycles. The molecule has 2 aromatic carbocycles. The smallest absolute Gasteiger partial charge is 0.203 e. The molecule has 26 heavy (non-hydrogen) atoms. The number of rotatable bonds is 6. The van der Waals surface area contributed by atoms with Crippen LogP contribution in [0.2, 0.25) is 0 Å². The van der Waals surface area contributed by atoms with E-state index >= 15 is 0 Å². The van der Waals surface area contributed by atoms with Gasteiger partial charge in [0.1, 0.15) is 6.33 Å². The minimum atomic E-state index is 0.524. The lowest BCUT2D eigenvalue weighted by Crippen LogP contribution is -1.97. The second-order valence-corrected chi connectivity index (χ2v) is 5.36. The average molecular weight is 356 g/mol. The summed E-state index contributed by atoms with van der Waals surface area (Å²) in [5, 5.41) is 0.819. The van der Waals surface area contributed by atoms with Crippen molar-refractivity contribution < 1.29 is 23.7 Å². The highest BCUT2D eigenvalue weighted by atomic mass is 16.5. The van der Waals surface area contributed by atoms with Crippen LogP contribution in [-0.4, -0.2) is 45.5 Å². The van der Waals surface area contributed by atoms with Crippen LogP contribution in [-0.2, 0) is 0 Å². The van der Waals surface area contributed by atoms with Gasteiger partial charge in [0.05, 0.1) is 46.8 Å². The zero-order valence-corrected chi connectivity index (χ0v) is 15.3. The minimum absolute atomic E-state index is 0.524. The molecule has 0 aliphatic carbocycles. The number of nitrogens with zero attached hydrogens (tertiary/aromatic N) is 2. The van der Waals surface area contributed by atoms with Crippen LogP contribution in [0.5, 0.6) is 28.7 Å². The molecule has 0 N–H and O–H groups in total. The van der Waals surface area contributed by atoms with Crippen LogP contribution in [0.1, 0.15) is 0 Å². The van der Waals surface area contributed by atoms with Crippen LogP contribution in [0, 0.1) is 0 Å². The van der Waals surface area contributed by atoms with Gasteiger partial charge in [0.25, 0.3) is 0 Å². The molecule has 0 aliphatic heterocycles. The molecular weight excluding hydrogens is 336 g/mol. The van der Waals surface area contributed by atoms with Crippen LogP contribution in [0.3, 0.4) is 0 Å². The van der Waals surface area contributed by atoms with Crippen molar-refractivity contribution >= 4 is 10.9 Å². The molecule has 0 bridgehead atoms. The van der Waals surface area contributed by atoms with Crippen molar-refractivity contribution in [3.8, 4) is 40.0 Å². The van der Waals surface area contributed by atoms with E-state index in [4.69, 9.17) is 23.7 Å². The highest BCUT2D eigenvalue weighted by molar-refractivity contribution is 5.95. The third kappa shape index (κ3) is 2.92. The standard InChI is InChI=1S/C19H20N2O5/c1-22-14-8-12-13(9-15(14)23-2)20-10-21-18(12)11-6-16(24-3)19(26-5)17(7-11)25-4/h6-10H,1-5H3. The maximum Gasteiger partial charge on any atom is 0.203 e. The van der Waals surface area contributed by atoms with E-state index in [1.165, 1.54) is 6.33 Å². The Kier molecular flexibility index (Phi) is 4.97. The third-order valence-electron chi connectivity index (χ3n) is 4.08. The number of methoxy groups -OCH3 is 5. The lowest BCUT2D eigenvalue weighted by molar-refractivity contribution is 0.324. The summed E-state index contributed by atoms with van der Waals surface area (Å²) in [6, 6.07) is 7.36. The predicted octanol–water partition coefficient (Wildman–Crippen LogP) is 3.34. The lowest BCUT2D eigenvalue weighted by Gasteiger charge is -2.15. The van der Waals surface area contributed by atoms with Crippen LogP contribution >= 0.6 is 0 Å². The van der Waals surface area contributed by atoms with Crippen LogP contribution in [0.4, 0.5) is 0 Å². The number of hydrogen-bond donors (Lipinski definition) is 0. The molecule has 7 nitrogen and oxygen atoms in total. The summed E-state index contributed by atoms with van der Waals surface area (Å²) in [7, 11) is 7.90. The molecule has 3 aromatic rings. The monoisotopic (exact) mass is 356 g/mol. The van der Waals surface area contributed by atoms with E-state index < -0.39 is 0 Å². The fourth-order valence-electron chi connectivity index (χ4n) is 2.83. The van der Waals surface area contributed by atoms with Gasteiger partial charge in [0.15, 0.2) is 23.0 Å². The summed E-state index contributed by atoms with van der Waals surface area (Å²) < 4.78 is 27.0. The van der Waals surface area contributed by atoms with Crippen molar-refractivity contribution in [1.29, 1.82) is 0 Å². The van der Waals surface area contributed by atoms with E-state index in [1.807, 2.05) is 24.3 Å². The van der Waals surface area contributed by atoms with Gasteiger partial charge in [-0.25, -0.2) is 9.97 Å². The summed E-state index contributed by atoms with van der Waals surface area (Å²) in [6.07, 6.45) is 1.51. The Balaban J connectivity index is 2.28. The second kappa shape index (κ2) is 7.35. The quantitative estimate of drug-likeness (QED) is 0.671. The fourth-order valence-corrected chi connectivity index (χ4v) is 2.83. The molecule has 0 amide bonds. The molecular formula is C19H20N2O5. The van der Waals surface area contributed by atoms with Crippen LogP contribution in [0.25, 0.3) is 22.2 Å². The molecule has 0 radical (unpaired) electrons. The van der Waals surface area contributed by atoms with E-state index in [0.717, 1.165) is 22.2 Å². The SMILES string of the molecule is COc1cc2ncnc(-c3cc(OC)c(OC)c(OC)c3)c2cc1OC. The topological polar surface area (TPSA) is 71.9 Å². The molecule has 3 rings (SSSR count). The molecule has 1 aromatic heterocycles. The van der Waals surface area contributed by atoms with E-state index in [1.54, 1.807) is 35.5 Å². The number of ether oxygens (including phenoxy) is 5. The highest BCUT2D eigenvalue weighted by Crippen LogP contribution is 2.42. The normalized spacial score (nSPS) is 10.5. The maximum atomic E-state index is 5.44. The maximum absolute atomic E-state index is 5.44. The summed E-state index contributed by atoms with van der Waals surface area (Å²) >= 11 is 0. The van der Waals surface area contributed by atoms with Gasteiger partial charge >= 0.3 is 0 Å². The van der Waals surface area contributed by atoms with Crippen LogP contribution in [0.15, 0.2) is 30.6 Å². The van der Waals surface area contributed by atoms with Crippen molar-refractivity contribution in [3.05, 3.63) is 30.6 Å². The van der Waals surface area contributed by atoms with Gasteiger partial charge < -0.3 is 23.7 Å². The first-order valence-electron chi connectivity index (χ1n) is 7.83. The van der Waals surface area contributed by atoms with Crippen molar-refractivity contribution in [2.45, 2.75) is 0 Å². The van der Waals surface area contributed by atoms with Gasteiger partial charge in [0, 0.05) is 17.0 Å². The zero-order chi connectivity index (χ0) is 18.7. The summed E-state index contributed by atoms with van der Waals surface area (Å²) in [5.74, 6) is 2.83. The number of aromatic nitrogens is 2. The van der Waals surface area contributed by atoms with E-state index in [2.05, 4.69) is 9.97 Å². The summed E-state index contributed by atoms with van der Waals surface area (Å²) in [5.41, 5.74) is 2.26. The largest absolute Gasteiger partial charge is 0.493 e. The number of benzene rings is 2. The number of hydrogen-bond acceptors (Lipinski definition) is 7. The number of fused-ring (bicyclic) bond motifs is 1. The third-order valence-corrected chi connectivity index (χ3v) is 4.08. The van der Waals surface area contributed by atoms with E-state index in [-0.39, 0.29) is 0 Å². The van der Waals surface area contributed by atoms with Gasteiger partial charge in [-0.15, -0.1) is 0 Å². The molecule has 0 aliphatic rings. The molecule has 0 atom stereocenters. The second-order valence-electron chi connectivity index (χ2n) is 5.36. The Morgan fingerprint density at radius 1 is 0.615 bits per heavy atom. The first kappa shape index (κ1) is 17.6. The minimum Gasteiger partial charge on any atom is -0.493 e. The van der Waals surface area contributed by atoms with Crippen LogP contribution < -0.4 is 23.7 Å². The molecule has 0 saturated heterocycles. The molecule has 7 heteroatoms. The Hall–Kier alpha value is -3.22. The van der Waals surface area contributed by atoms with Gasteiger partial charge in [-0.05, 0) is 18.2 Å². The predicted molar refractivity (Wildman–Crippen MR) is 97.7 cm³/mol. The van der Waals surface area contributed by atoms with Gasteiger partial charge in [0.2, 0.25) is 5.75 Å². The Morgan fingerprint density at radius 3 is 1.73 bits per heavy atom. The summed E-state index contributed by atoms with van der Waals surface area (Å²) in [4.78, 5) is 8.79. The first-order chi connectivity index (χ1) is 12.7. The Labute approximate surface area is 151 Å². The van der Waals surface area contributed by atoms with Gasteiger partial charge in [-0.2, -0.15) is 0 Å². The fraction of sp³-hybridized carbons (Fsp3) is 0.263. The van der Waals surface area contributed by atoms with Gasteiger partial charge in [-0.3, -0.25) is 0 Å². The summed E-state index contributed by atoms with van der Waals surface area (Å²) in [6.45, 7) is 0. The first-order valence-corrected chi connectivity index (χ1v) is 7.83. The van der Waals surface area contributed by atoms with Crippen molar-refractivity contribution in [2.75, 3.05) is 35.5 Å². The average Bonchev–Trinajstić information content (AvgIpc) is 2.70. The Morgan fingerprint density at radius 2 is 1.19 bits per heavy atom. The molecule has 0 fully saturated rings.